The number of nitrogens with one attached hydrogen (secondary N) is 1. The van der Waals surface area contributed by atoms with Gasteiger partial charge in [0.1, 0.15) is 5.75 Å². The molecule has 128 valence electrons. The summed E-state index contributed by atoms with van der Waals surface area (Å²) >= 11 is 1.33. The number of ether oxygens (including phenoxy) is 1. The fourth-order valence-electron chi connectivity index (χ4n) is 2.78. The molecule has 1 aromatic heterocycles. The lowest BCUT2D eigenvalue weighted by molar-refractivity contribution is -0.274. The Morgan fingerprint density at radius 3 is 2.42 bits per heavy atom. The number of thiophene rings is 1. The van der Waals surface area contributed by atoms with Crippen LogP contribution in [-0.2, 0) is 0 Å². The molecular weight excluding hydrogens is 339 g/mol. The lowest BCUT2D eigenvalue weighted by atomic mass is 10.1. The molecule has 24 heavy (non-hydrogen) atoms. The number of hydrogen-bond acceptors (Lipinski definition) is 3. The number of alkyl halides is 3. The molecule has 0 spiro atoms. The maximum Gasteiger partial charge on any atom is 0.573 e. The molecule has 0 aliphatic heterocycles. The van der Waals surface area contributed by atoms with E-state index in [2.05, 4.69) is 10.1 Å². The molecule has 1 heterocycles. The molecule has 0 unspecified atom stereocenters. The first-order valence-corrected chi connectivity index (χ1v) is 8.54. The van der Waals surface area contributed by atoms with Crippen LogP contribution in [0.25, 0.3) is 11.1 Å². The van der Waals surface area contributed by atoms with Crippen LogP contribution in [0.2, 0.25) is 0 Å². The summed E-state index contributed by atoms with van der Waals surface area (Å²) in [6.07, 6.45) is -0.370. The Labute approximate surface area is 141 Å². The quantitative estimate of drug-likeness (QED) is 0.839. The fraction of sp³-hybridized carbons (Fsp3) is 0.353. The average molecular weight is 355 g/mol. The molecule has 0 saturated heterocycles. The van der Waals surface area contributed by atoms with Gasteiger partial charge in [0, 0.05) is 6.04 Å². The van der Waals surface area contributed by atoms with Gasteiger partial charge in [0.2, 0.25) is 0 Å². The van der Waals surface area contributed by atoms with Crippen molar-refractivity contribution in [3.8, 4) is 16.9 Å². The Morgan fingerprint density at radius 1 is 1.12 bits per heavy atom. The highest BCUT2D eigenvalue weighted by Crippen LogP contribution is 2.29. The first-order chi connectivity index (χ1) is 11.4. The molecule has 2 aromatic rings. The Balaban J connectivity index is 1.67. The molecule has 1 aliphatic rings. The van der Waals surface area contributed by atoms with Crippen LogP contribution < -0.4 is 10.1 Å². The molecule has 3 rings (SSSR count). The molecule has 1 aliphatic carbocycles. The van der Waals surface area contributed by atoms with Gasteiger partial charge >= 0.3 is 6.36 Å². The first kappa shape index (κ1) is 16.8. The van der Waals surface area contributed by atoms with Gasteiger partial charge < -0.3 is 10.1 Å². The van der Waals surface area contributed by atoms with E-state index in [1.54, 1.807) is 18.2 Å². The molecule has 1 aromatic carbocycles. The summed E-state index contributed by atoms with van der Waals surface area (Å²) < 4.78 is 40.3. The predicted molar refractivity (Wildman–Crippen MR) is 86.2 cm³/mol. The molecule has 3 nitrogen and oxygen atoms in total. The molecule has 1 saturated carbocycles. The standard InChI is InChI=1S/C17H16F3NO2S/c18-17(19,20)23-14-7-5-11(6-8-14)12-9-15(24-10-12)16(22)21-13-3-1-2-4-13/h5-10,13H,1-4H2,(H,21,22). The molecule has 1 amide bonds. The monoisotopic (exact) mass is 355 g/mol. The third-order valence-corrected chi connectivity index (χ3v) is 4.86. The SMILES string of the molecule is O=C(NC1CCCC1)c1cc(-c2ccc(OC(F)(F)F)cc2)cs1. The lowest BCUT2D eigenvalue weighted by Gasteiger charge is -2.10. The van der Waals surface area contributed by atoms with Crippen molar-refractivity contribution < 1.29 is 22.7 Å². The Kier molecular flexibility index (Phi) is 4.80. The number of benzene rings is 1. The van der Waals surface area contributed by atoms with Gasteiger partial charge in [0.05, 0.1) is 4.88 Å². The van der Waals surface area contributed by atoms with Gasteiger partial charge in [-0.15, -0.1) is 24.5 Å². The topological polar surface area (TPSA) is 38.3 Å². The summed E-state index contributed by atoms with van der Waals surface area (Å²) in [5.41, 5.74) is 1.54. The normalized spacial score (nSPS) is 15.5. The number of carbonyl (C=O) groups excluding carboxylic acids is 1. The average Bonchev–Trinajstić information content (AvgIpc) is 3.17. The Morgan fingerprint density at radius 2 is 1.79 bits per heavy atom. The third-order valence-electron chi connectivity index (χ3n) is 3.93. The van der Waals surface area contributed by atoms with E-state index >= 15 is 0 Å². The largest absolute Gasteiger partial charge is 0.573 e. The van der Waals surface area contributed by atoms with E-state index in [4.69, 9.17) is 0 Å². The van der Waals surface area contributed by atoms with E-state index < -0.39 is 6.36 Å². The van der Waals surface area contributed by atoms with Crippen molar-refractivity contribution in [3.63, 3.8) is 0 Å². The number of hydrogen-bond donors (Lipinski definition) is 1. The number of halogens is 3. The minimum Gasteiger partial charge on any atom is -0.406 e. The lowest BCUT2D eigenvalue weighted by Crippen LogP contribution is -2.31. The van der Waals surface area contributed by atoms with Gasteiger partial charge in [-0.05, 0) is 47.5 Å². The van der Waals surface area contributed by atoms with Crippen LogP contribution in [0.3, 0.4) is 0 Å². The summed E-state index contributed by atoms with van der Waals surface area (Å²) in [5, 5.41) is 4.84. The molecule has 1 N–H and O–H groups in total. The van der Waals surface area contributed by atoms with E-state index in [0.717, 1.165) is 36.8 Å². The van der Waals surface area contributed by atoms with Crippen molar-refractivity contribution in [2.45, 2.75) is 38.1 Å². The van der Waals surface area contributed by atoms with Gasteiger partial charge in [0.25, 0.3) is 5.91 Å². The van der Waals surface area contributed by atoms with Gasteiger partial charge in [-0.3, -0.25) is 4.79 Å². The smallest absolute Gasteiger partial charge is 0.406 e. The zero-order chi connectivity index (χ0) is 17.2. The second-order valence-electron chi connectivity index (χ2n) is 5.73. The summed E-state index contributed by atoms with van der Waals surface area (Å²) in [6.45, 7) is 0. The minimum atomic E-state index is -4.70. The van der Waals surface area contributed by atoms with Crippen LogP contribution in [0.4, 0.5) is 13.2 Å². The van der Waals surface area contributed by atoms with Crippen LogP contribution in [0, 0.1) is 0 Å². The van der Waals surface area contributed by atoms with E-state index in [1.165, 1.54) is 23.5 Å². The molecule has 7 heteroatoms. The van der Waals surface area contributed by atoms with Crippen molar-refractivity contribution in [1.82, 2.24) is 5.32 Å². The Hall–Kier alpha value is -2.02. The highest BCUT2D eigenvalue weighted by molar-refractivity contribution is 7.12. The summed E-state index contributed by atoms with van der Waals surface area (Å²) in [7, 11) is 0. The highest BCUT2D eigenvalue weighted by Gasteiger charge is 2.31. The maximum absolute atomic E-state index is 12.2. The summed E-state index contributed by atoms with van der Waals surface area (Å²) in [5.74, 6) is -0.351. The van der Waals surface area contributed by atoms with Crippen LogP contribution in [0.5, 0.6) is 5.75 Å². The number of rotatable bonds is 4. The first-order valence-electron chi connectivity index (χ1n) is 7.66. The summed E-state index contributed by atoms with van der Waals surface area (Å²) in [6, 6.07) is 7.62. The van der Waals surface area contributed by atoms with Gasteiger partial charge in [-0.1, -0.05) is 25.0 Å². The van der Waals surface area contributed by atoms with Crippen LogP contribution in [0.15, 0.2) is 35.7 Å². The van der Waals surface area contributed by atoms with E-state index in [-0.39, 0.29) is 17.7 Å². The highest BCUT2D eigenvalue weighted by atomic mass is 32.1. The summed E-state index contributed by atoms with van der Waals surface area (Å²) in [4.78, 5) is 12.8. The second kappa shape index (κ2) is 6.84. The second-order valence-corrected chi connectivity index (χ2v) is 6.64. The minimum absolute atomic E-state index is 0.0878. The number of amides is 1. The van der Waals surface area contributed by atoms with Gasteiger partial charge in [-0.25, -0.2) is 0 Å². The van der Waals surface area contributed by atoms with E-state index in [1.807, 2.05) is 5.38 Å². The molecular formula is C17H16F3NO2S. The third kappa shape index (κ3) is 4.29. The van der Waals surface area contributed by atoms with Gasteiger partial charge in [-0.2, -0.15) is 0 Å². The van der Waals surface area contributed by atoms with Crippen LogP contribution in [0.1, 0.15) is 35.4 Å². The van der Waals surface area contributed by atoms with Crippen LogP contribution >= 0.6 is 11.3 Å². The maximum atomic E-state index is 12.2. The zero-order valence-corrected chi connectivity index (χ0v) is 13.5. The molecule has 0 bridgehead atoms. The van der Waals surface area contributed by atoms with Crippen molar-refractivity contribution in [2.24, 2.45) is 0 Å². The molecule has 0 atom stereocenters. The Bertz CT molecular complexity index is 703. The molecule has 1 fully saturated rings. The number of carbonyl (C=O) groups is 1. The predicted octanol–water partition coefficient (Wildman–Crippen LogP) is 4.99. The van der Waals surface area contributed by atoms with Crippen LogP contribution in [-0.4, -0.2) is 18.3 Å². The molecule has 0 radical (unpaired) electrons. The van der Waals surface area contributed by atoms with E-state index in [9.17, 15) is 18.0 Å². The zero-order valence-electron chi connectivity index (χ0n) is 12.7. The fourth-order valence-corrected chi connectivity index (χ4v) is 3.60. The van der Waals surface area contributed by atoms with Crippen molar-refractivity contribution in [3.05, 3.63) is 40.6 Å². The van der Waals surface area contributed by atoms with Crippen molar-refractivity contribution in [2.75, 3.05) is 0 Å². The van der Waals surface area contributed by atoms with Crippen molar-refractivity contribution >= 4 is 17.2 Å². The van der Waals surface area contributed by atoms with E-state index in [0.29, 0.717) is 4.88 Å². The van der Waals surface area contributed by atoms with Gasteiger partial charge in [0.15, 0.2) is 0 Å². The van der Waals surface area contributed by atoms with Crippen molar-refractivity contribution in [1.29, 1.82) is 0 Å².